The maximum Gasteiger partial charge on any atom is 0.251 e. The first kappa shape index (κ1) is 22.2. The number of rotatable bonds is 10. The van der Waals surface area contributed by atoms with E-state index in [1.165, 1.54) is 12.8 Å². The van der Waals surface area contributed by atoms with Crippen molar-refractivity contribution in [2.24, 2.45) is 11.8 Å². The minimum absolute atomic E-state index is 0.000496. The fraction of sp³-hybridized carbons (Fsp3) is 0.636. The highest BCUT2D eigenvalue weighted by Crippen LogP contribution is 2.13. The van der Waals surface area contributed by atoms with Crippen molar-refractivity contribution in [1.29, 1.82) is 0 Å². The smallest absolute Gasteiger partial charge is 0.251 e. The van der Waals surface area contributed by atoms with Gasteiger partial charge in [0.15, 0.2) is 0 Å². The molecule has 0 radical (unpaired) electrons. The van der Waals surface area contributed by atoms with Gasteiger partial charge in [-0.05, 0) is 69.0 Å². The normalized spacial score (nSPS) is 16.6. The number of carbonyl (C=O) groups excluding carboxylic acids is 2. The van der Waals surface area contributed by atoms with Crippen molar-refractivity contribution in [2.75, 3.05) is 32.8 Å². The van der Waals surface area contributed by atoms with Crippen LogP contribution in [0.1, 0.15) is 50.9 Å². The predicted octanol–water partition coefficient (Wildman–Crippen LogP) is 2.69. The summed E-state index contributed by atoms with van der Waals surface area (Å²) in [5.41, 5.74) is 0.518. The molecule has 0 saturated carbocycles. The van der Waals surface area contributed by atoms with Crippen LogP contribution < -0.4 is 15.4 Å². The SMILES string of the molecule is CCOc1ccc(C(=O)NC(C(=O)NCC(C)CN2CCCC2)C(C)C)cc1. The summed E-state index contributed by atoms with van der Waals surface area (Å²) < 4.78 is 5.40. The van der Waals surface area contributed by atoms with E-state index >= 15 is 0 Å². The van der Waals surface area contributed by atoms with Gasteiger partial charge in [-0.15, -0.1) is 0 Å². The molecule has 6 nitrogen and oxygen atoms in total. The maximum absolute atomic E-state index is 12.7. The van der Waals surface area contributed by atoms with Crippen LogP contribution >= 0.6 is 0 Å². The molecular formula is C22H35N3O3. The summed E-state index contributed by atoms with van der Waals surface area (Å²) in [6, 6.07) is 6.41. The van der Waals surface area contributed by atoms with E-state index in [1.54, 1.807) is 24.3 Å². The minimum Gasteiger partial charge on any atom is -0.494 e. The molecule has 28 heavy (non-hydrogen) atoms. The number of carbonyl (C=O) groups is 2. The Labute approximate surface area is 169 Å². The van der Waals surface area contributed by atoms with Crippen LogP contribution in [0.2, 0.25) is 0 Å². The van der Waals surface area contributed by atoms with Gasteiger partial charge < -0.3 is 20.3 Å². The van der Waals surface area contributed by atoms with Crippen molar-refractivity contribution in [3.05, 3.63) is 29.8 Å². The first-order valence-corrected chi connectivity index (χ1v) is 10.4. The van der Waals surface area contributed by atoms with Crippen LogP contribution in [0.25, 0.3) is 0 Å². The van der Waals surface area contributed by atoms with Gasteiger partial charge in [-0.25, -0.2) is 0 Å². The second-order valence-corrected chi connectivity index (χ2v) is 8.01. The summed E-state index contributed by atoms with van der Waals surface area (Å²) >= 11 is 0. The summed E-state index contributed by atoms with van der Waals surface area (Å²) in [7, 11) is 0. The minimum atomic E-state index is -0.557. The first-order chi connectivity index (χ1) is 13.4. The van der Waals surface area contributed by atoms with E-state index in [-0.39, 0.29) is 17.7 Å². The molecule has 6 heteroatoms. The number of benzene rings is 1. The Kier molecular flexibility index (Phi) is 8.77. The molecule has 0 aromatic heterocycles. The number of hydrogen-bond acceptors (Lipinski definition) is 4. The molecule has 1 aromatic carbocycles. The molecule has 0 bridgehead atoms. The van der Waals surface area contributed by atoms with Gasteiger partial charge in [0.1, 0.15) is 11.8 Å². The Balaban J connectivity index is 1.86. The zero-order valence-electron chi connectivity index (χ0n) is 17.7. The van der Waals surface area contributed by atoms with E-state index in [2.05, 4.69) is 22.5 Å². The summed E-state index contributed by atoms with van der Waals surface area (Å²) in [4.78, 5) is 27.7. The molecule has 2 amide bonds. The van der Waals surface area contributed by atoms with Crippen molar-refractivity contribution in [2.45, 2.75) is 46.6 Å². The quantitative estimate of drug-likeness (QED) is 0.645. The van der Waals surface area contributed by atoms with Crippen molar-refractivity contribution in [3.63, 3.8) is 0 Å². The van der Waals surface area contributed by atoms with Gasteiger partial charge >= 0.3 is 0 Å². The summed E-state index contributed by atoms with van der Waals surface area (Å²) in [5, 5.41) is 5.90. The zero-order chi connectivity index (χ0) is 20.5. The third-order valence-corrected chi connectivity index (χ3v) is 5.06. The molecule has 2 atom stereocenters. The molecule has 1 aliphatic heterocycles. The molecular weight excluding hydrogens is 354 g/mol. The lowest BCUT2D eigenvalue weighted by Gasteiger charge is -2.24. The van der Waals surface area contributed by atoms with E-state index in [0.29, 0.717) is 24.6 Å². The number of amides is 2. The van der Waals surface area contributed by atoms with Gasteiger partial charge in [0.05, 0.1) is 6.61 Å². The first-order valence-electron chi connectivity index (χ1n) is 10.4. The van der Waals surface area contributed by atoms with Gasteiger partial charge in [0.25, 0.3) is 5.91 Å². The number of likely N-dealkylation sites (tertiary alicyclic amines) is 1. The Morgan fingerprint density at radius 1 is 1.11 bits per heavy atom. The predicted molar refractivity (Wildman–Crippen MR) is 112 cm³/mol. The molecule has 1 aromatic rings. The second kappa shape index (κ2) is 11.1. The standard InChI is InChI=1S/C22H35N3O3/c1-5-28-19-10-8-18(9-11-19)21(26)24-20(16(2)3)22(27)23-14-17(4)15-25-12-6-7-13-25/h8-11,16-17,20H,5-7,12-15H2,1-4H3,(H,23,27)(H,24,26). The van der Waals surface area contributed by atoms with Gasteiger partial charge in [0, 0.05) is 18.7 Å². The lowest BCUT2D eigenvalue weighted by Crippen LogP contribution is -2.50. The third-order valence-electron chi connectivity index (χ3n) is 5.06. The van der Waals surface area contributed by atoms with E-state index in [4.69, 9.17) is 4.74 Å². The molecule has 1 heterocycles. The molecule has 0 aliphatic carbocycles. The van der Waals surface area contributed by atoms with Crippen LogP contribution in [0.4, 0.5) is 0 Å². The maximum atomic E-state index is 12.7. The highest BCUT2D eigenvalue weighted by atomic mass is 16.5. The lowest BCUT2D eigenvalue weighted by atomic mass is 10.0. The van der Waals surface area contributed by atoms with Gasteiger partial charge in [-0.1, -0.05) is 20.8 Å². The largest absolute Gasteiger partial charge is 0.494 e. The van der Waals surface area contributed by atoms with Crippen LogP contribution in [0.3, 0.4) is 0 Å². The topological polar surface area (TPSA) is 70.7 Å². The van der Waals surface area contributed by atoms with E-state index in [1.807, 2.05) is 20.8 Å². The fourth-order valence-electron chi connectivity index (χ4n) is 3.48. The number of ether oxygens (including phenoxy) is 1. The Hall–Kier alpha value is -2.08. The molecule has 0 spiro atoms. The van der Waals surface area contributed by atoms with E-state index < -0.39 is 6.04 Å². The fourth-order valence-corrected chi connectivity index (χ4v) is 3.48. The Bertz CT molecular complexity index is 624. The summed E-state index contributed by atoms with van der Waals surface area (Å²) in [5.74, 6) is 0.742. The summed E-state index contributed by atoms with van der Waals surface area (Å²) in [6.45, 7) is 12.5. The van der Waals surface area contributed by atoms with Crippen molar-refractivity contribution in [3.8, 4) is 5.75 Å². The molecule has 2 rings (SSSR count). The Morgan fingerprint density at radius 2 is 1.75 bits per heavy atom. The Morgan fingerprint density at radius 3 is 2.32 bits per heavy atom. The lowest BCUT2D eigenvalue weighted by molar-refractivity contribution is -0.124. The van der Waals surface area contributed by atoms with Gasteiger partial charge in [-0.3, -0.25) is 9.59 Å². The van der Waals surface area contributed by atoms with Crippen molar-refractivity contribution < 1.29 is 14.3 Å². The molecule has 2 N–H and O–H groups in total. The molecule has 1 saturated heterocycles. The highest BCUT2D eigenvalue weighted by molar-refractivity contribution is 5.97. The van der Waals surface area contributed by atoms with Crippen LogP contribution in [-0.2, 0) is 4.79 Å². The van der Waals surface area contributed by atoms with Crippen LogP contribution in [0, 0.1) is 11.8 Å². The molecule has 156 valence electrons. The monoisotopic (exact) mass is 389 g/mol. The van der Waals surface area contributed by atoms with E-state index in [0.717, 1.165) is 25.4 Å². The number of hydrogen-bond donors (Lipinski definition) is 2. The van der Waals surface area contributed by atoms with E-state index in [9.17, 15) is 9.59 Å². The third kappa shape index (κ3) is 6.82. The highest BCUT2D eigenvalue weighted by Gasteiger charge is 2.25. The molecule has 1 aliphatic rings. The van der Waals surface area contributed by atoms with Crippen LogP contribution in [0.15, 0.2) is 24.3 Å². The van der Waals surface area contributed by atoms with Crippen molar-refractivity contribution in [1.82, 2.24) is 15.5 Å². The van der Waals surface area contributed by atoms with Crippen LogP contribution in [0.5, 0.6) is 5.75 Å². The second-order valence-electron chi connectivity index (χ2n) is 8.01. The average Bonchev–Trinajstić information content (AvgIpc) is 3.17. The number of nitrogens with zero attached hydrogens (tertiary/aromatic N) is 1. The average molecular weight is 390 g/mol. The number of nitrogens with one attached hydrogen (secondary N) is 2. The molecule has 1 fully saturated rings. The van der Waals surface area contributed by atoms with Gasteiger partial charge in [0.2, 0.25) is 5.91 Å². The zero-order valence-corrected chi connectivity index (χ0v) is 17.7. The van der Waals surface area contributed by atoms with Crippen LogP contribution in [-0.4, -0.2) is 55.5 Å². The van der Waals surface area contributed by atoms with Crippen molar-refractivity contribution >= 4 is 11.8 Å². The molecule has 2 unspecified atom stereocenters. The summed E-state index contributed by atoms with van der Waals surface area (Å²) in [6.07, 6.45) is 2.54. The van der Waals surface area contributed by atoms with Gasteiger partial charge in [-0.2, -0.15) is 0 Å².